The number of rotatable bonds is 8. The molecule has 0 radical (unpaired) electrons. The quantitative estimate of drug-likeness (QED) is 0.431. The Bertz CT molecular complexity index is 612. The van der Waals surface area contributed by atoms with Crippen molar-refractivity contribution in [2.75, 3.05) is 6.61 Å². The molecule has 132 valence electrons. The van der Waals surface area contributed by atoms with Crippen LogP contribution >= 0.6 is 28.3 Å². The standard InChI is InChI=1S/C13H19BrN2O5S.ClH/c1-9(2)15-12(7-8-21-13(17)18)16-22(19,20)11-6-4-3-5-10(11)14;/h3-6,9,12,15-16H,7-8H2,1-2H3,(H,17,18);1H. The van der Waals surface area contributed by atoms with E-state index in [4.69, 9.17) is 5.11 Å². The number of benzene rings is 1. The summed E-state index contributed by atoms with van der Waals surface area (Å²) in [5.41, 5.74) is 0. The van der Waals surface area contributed by atoms with E-state index in [2.05, 4.69) is 30.7 Å². The molecular formula is C13H20BrClN2O5S. The molecule has 0 saturated heterocycles. The summed E-state index contributed by atoms with van der Waals surface area (Å²) in [4.78, 5) is 10.5. The van der Waals surface area contributed by atoms with E-state index in [-0.39, 0.29) is 36.4 Å². The molecule has 0 bridgehead atoms. The molecular weight excluding hydrogens is 412 g/mol. The van der Waals surface area contributed by atoms with Gasteiger partial charge in [0.1, 0.15) is 0 Å². The first kappa shape index (κ1) is 22.1. The fourth-order valence-electron chi connectivity index (χ4n) is 1.76. The molecule has 1 aromatic carbocycles. The Morgan fingerprint density at radius 2 is 1.96 bits per heavy atom. The molecule has 0 fully saturated rings. The second-order valence-electron chi connectivity index (χ2n) is 4.83. The van der Waals surface area contributed by atoms with Crippen molar-refractivity contribution in [1.82, 2.24) is 10.0 Å². The zero-order chi connectivity index (χ0) is 16.8. The molecule has 23 heavy (non-hydrogen) atoms. The molecule has 0 heterocycles. The van der Waals surface area contributed by atoms with Crippen molar-refractivity contribution in [3.05, 3.63) is 28.7 Å². The van der Waals surface area contributed by atoms with Gasteiger partial charge in [0.05, 0.1) is 17.7 Å². The summed E-state index contributed by atoms with van der Waals surface area (Å²) in [6.45, 7) is 3.60. The summed E-state index contributed by atoms with van der Waals surface area (Å²) in [6, 6.07) is 6.46. The Morgan fingerprint density at radius 3 is 2.48 bits per heavy atom. The predicted octanol–water partition coefficient (Wildman–Crippen LogP) is 2.56. The van der Waals surface area contributed by atoms with E-state index in [0.717, 1.165) is 0 Å². The third-order valence-corrected chi connectivity index (χ3v) is 5.07. The van der Waals surface area contributed by atoms with Gasteiger partial charge in [-0.05, 0) is 41.9 Å². The first-order valence-corrected chi connectivity index (χ1v) is 8.88. The predicted molar refractivity (Wildman–Crippen MR) is 92.4 cm³/mol. The van der Waals surface area contributed by atoms with Crippen LogP contribution in [0.1, 0.15) is 20.3 Å². The first-order valence-electron chi connectivity index (χ1n) is 6.61. The summed E-state index contributed by atoms with van der Waals surface area (Å²) in [6.07, 6.45) is -1.86. The Balaban J connectivity index is 0.00000484. The third-order valence-electron chi connectivity index (χ3n) is 2.59. The van der Waals surface area contributed by atoms with Gasteiger partial charge in [0.2, 0.25) is 10.0 Å². The van der Waals surface area contributed by atoms with Crippen LogP contribution in [0.25, 0.3) is 0 Å². The minimum atomic E-state index is -3.75. The normalized spacial score (nSPS) is 12.5. The number of hydrogen-bond acceptors (Lipinski definition) is 5. The van der Waals surface area contributed by atoms with Gasteiger partial charge in [0, 0.05) is 16.9 Å². The topological polar surface area (TPSA) is 105 Å². The monoisotopic (exact) mass is 430 g/mol. The van der Waals surface area contributed by atoms with Crippen LogP contribution in [-0.2, 0) is 14.8 Å². The highest BCUT2D eigenvalue weighted by Gasteiger charge is 2.22. The number of sulfonamides is 1. The summed E-state index contributed by atoms with van der Waals surface area (Å²) in [5, 5.41) is 11.5. The maximum absolute atomic E-state index is 12.4. The summed E-state index contributed by atoms with van der Waals surface area (Å²) in [5.74, 6) is 0. The van der Waals surface area contributed by atoms with Gasteiger partial charge >= 0.3 is 6.16 Å². The molecule has 10 heteroatoms. The number of halogens is 2. The van der Waals surface area contributed by atoms with E-state index >= 15 is 0 Å². The minimum absolute atomic E-state index is 0. The maximum atomic E-state index is 12.4. The lowest BCUT2D eigenvalue weighted by atomic mass is 10.3. The minimum Gasteiger partial charge on any atom is -0.450 e. The molecule has 0 aromatic heterocycles. The Morgan fingerprint density at radius 1 is 1.35 bits per heavy atom. The van der Waals surface area contributed by atoms with Gasteiger partial charge in [-0.2, -0.15) is 4.72 Å². The van der Waals surface area contributed by atoms with Gasteiger partial charge in [0.25, 0.3) is 0 Å². The van der Waals surface area contributed by atoms with Crippen LogP contribution in [-0.4, -0.2) is 38.5 Å². The van der Waals surface area contributed by atoms with Gasteiger partial charge in [-0.25, -0.2) is 13.2 Å². The van der Waals surface area contributed by atoms with Crippen LogP contribution in [0.2, 0.25) is 0 Å². The van der Waals surface area contributed by atoms with Crippen molar-refractivity contribution < 1.29 is 23.1 Å². The van der Waals surface area contributed by atoms with E-state index < -0.39 is 22.3 Å². The zero-order valence-corrected chi connectivity index (χ0v) is 15.9. The third kappa shape index (κ3) is 7.98. The molecule has 0 aliphatic heterocycles. The van der Waals surface area contributed by atoms with Crippen LogP contribution in [0.5, 0.6) is 0 Å². The molecule has 0 amide bonds. The van der Waals surface area contributed by atoms with Crippen molar-refractivity contribution in [2.24, 2.45) is 0 Å². The van der Waals surface area contributed by atoms with Gasteiger partial charge in [0.15, 0.2) is 0 Å². The number of nitrogens with one attached hydrogen (secondary N) is 2. The van der Waals surface area contributed by atoms with E-state index in [0.29, 0.717) is 4.47 Å². The number of carbonyl (C=O) groups is 1. The lowest BCUT2D eigenvalue weighted by molar-refractivity contribution is 0.0873. The maximum Gasteiger partial charge on any atom is 0.505 e. The molecule has 7 nitrogen and oxygen atoms in total. The van der Waals surface area contributed by atoms with Crippen LogP contribution in [0, 0.1) is 0 Å². The fraction of sp³-hybridized carbons (Fsp3) is 0.462. The Labute approximate surface area is 150 Å². The molecule has 1 rings (SSSR count). The van der Waals surface area contributed by atoms with Gasteiger partial charge in [-0.15, -0.1) is 12.4 Å². The van der Waals surface area contributed by atoms with Gasteiger partial charge in [-0.1, -0.05) is 12.1 Å². The fourth-order valence-corrected chi connectivity index (χ4v) is 3.95. The highest BCUT2D eigenvalue weighted by atomic mass is 79.9. The van der Waals surface area contributed by atoms with Crippen molar-refractivity contribution >= 4 is 44.5 Å². The molecule has 1 atom stereocenters. The summed E-state index contributed by atoms with van der Waals surface area (Å²) >= 11 is 3.20. The van der Waals surface area contributed by atoms with Crippen molar-refractivity contribution in [3.63, 3.8) is 0 Å². The SMILES string of the molecule is CC(C)NC(CCOC(=O)O)NS(=O)(=O)c1ccccc1Br.Cl. The highest BCUT2D eigenvalue weighted by molar-refractivity contribution is 9.10. The average molecular weight is 432 g/mol. The number of ether oxygens (including phenoxy) is 1. The van der Waals surface area contributed by atoms with Crippen molar-refractivity contribution in [3.8, 4) is 0 Å². The second kappa shape index (κ2) is 10.1. The second-order valence-corrected chi connectivity index (χ2v) is 7.37. The van der Waals surface area contributed by atoms with E-state index in [1.807, 2.05) is 13.8 Å². The van der Waals surface area contributed by atoms with E-state index in [1.54, 1.807) is 18.2 Å². The first-order chi connectivity index (χ1) is 10.2. The summed E-state index contributed by atoms with van der Waals surface area (Å²) < 4.78 is 32.2. The average Bonchev–Trinajstić information content (AvgIpc) is 2.37. The molecule has 1 unspecified atom stereocenters. The van der Waals surface area contributed by atoms with Crippen LogP contribution in [0.15, 0.2) is 33.6 Å². The molecule has 0 saturated carbocycles. The lowest BCUT2D eigenvalue weighted by Crippen LogP contribution is -2.48. The lowest BCUT2D eigenvalue weighted by Gasteiger charge is -2.22. The van der Waals surface area contributed by atoms with E-state index in [9.17, 15) is 13.2 Å². The molecule has 1 aromatic rings. The number of hydrogen-bond donors (Lipinski definition) is 3. The molecule has 0 aliphatic carbocycles. The number of carboxylic acid groups (broad SMARTS) is 1. The van der Waals surface area contributed by atoms with Crippen LogP contribution in [0.3, 0.4) is 0 Å². The van der Waals surface area contributed by atoms with E-state index in [1.165, 1.54) is 6.07 Å². The van der Waals surface area contributed by atoms with Gasteiger partial charge in [-0.3, -0.25) is 5.32 Å². The zero-order valence-electron chi connectivity index (χ0n) is 12.7. The largest absolute Gasteiger partial charge is 0.505 e. The van der Waals surface area contributed by atoms with Gasteiger partial charge < -0.3 is 9.84 Å². The molecule has 3 N–H and O–H groups in total. The van der Waals surface area contributed by atoms with Crippen LogP contribution in [0.4, 0.5) is 4.79 Å². The van der Waals surface area contributed by atoms with Crippen molar-refractivity contribution in [1.29, 1.82) is 0 Å². The Kier molecular flexibility index (Phi) is 9.71. The van der Waals surface area contributed by atoms with Crippen molar-refractivity contribution in [2.45, 2.75) is 37.4 Å². The molecule has 0 aliphatic rings. The highest BCUT2D eigenvalue weighted by Crippen LogP contribution is 2.21. The summed E-state index contributed by atoms with van der Waals surface area (Å²) in [7, 11) is -3.75. The van der Waals surface area contributed by atoms with Crippen LogP contribution < -0.4 is 10.0 Å². The molecule has 0 spiro atoms. The Hall–Kier alpha value is -0.870. The smallest absolute Gasteiger partial charge is 0.450 e.